The number of pyridine rings is 1. The van der Waals surface area contributed by atoms with Crippen LogP contribution in [0, 0.1) is 17.8 Å². The van der Waals surface area contributed by atoms with Crippen LogP contribution in [0.25, 0.3) is 10.8 Å². The van der Waals surface area contributed by atoms with Gasteiger partial charge in [0.05, 0.1) is 18.0 Å². The van der Waals surface area contributed by atoms with Crippen LogP contribution in [-0.4, -0.2) is 102 Å². The van der Waals surface area contributed by atoms with E-state index in [0.29, 0.717) is 56.7 Å². The number of carbonyl (C=O) groups is 4. The zero-order valence-electron chi connectivity index (χ0n) is 32.9. The standard InChI is InChI=1S/C39H48F5N5O9S/c1-21-9-5-6-10-23-17-38(23,35(52)48-59(54,55)25-13-14-25)47-32(50)28-16-24(57-33-27-12-8-7-11-26(27)29(18-45-33)56-20-30(40)41)19-49(28)34(51)31(22(2)15-21)46-36(53)58-37(3,4)39(42,43)44/h6-8,10-12,18,21-25,28,30-31H,5,9,13-17,19-20H2,1-4H3,(H,46,53)(H,47,50)(H,48,52)/b10-6-/t21-,22+,23-,24+,28-,31-,38+/m0/s1. The molecule has 59 heavy (non-hydrogen) atoms. The van der Waals surface area contributed by atoms with Crippen LogP contribution < -0.4 is 24.8 Å². The zero-order chi connectivity index (χ0) is 43.1. The summed E-state index contributed by atoms with van der Waals surface area (Å²) in [6.45, 7) is 3.67. The number of hydrogen-bond donors (Lipinski definition) is 3. The number of fused-ring (bicyclic) bond motifs is 3. The fourth-order valence-electron chi connectivity index (χ4n) is 7.60. The molecule has 0 radical (unpaired) electrons. The largest absolute Gasteiger partial charge is 0.485 e. The number of alkyl carbamates (subject to hydrolysis) is 1. The van der Waals surface area contributed by atoms with Crippen LogP contribution in [0.1, 0.15) is 72.6 Å². The molecular weight excluding hydrogens is 810 g/mol. The first-order chi connectivity index (χ1) is 27.6. The molecule has 3 N–H and O–H groups in total. The van der Waals surface area contributed by atoms with Gasteiger partial charge < -0.3 is 29.7 Å². The van der Waals surface area contributed by atoms with Crippen LogP contribution in [0.5, 0.6) is 11.6 Å². The van der Waals surface area contributed by atoms with Gasteiger partial charge in [-0.05, 0) is 70.3 Å². The van der Waals surface area contributed by atoms with Gasteiger partial charge in [-0.15, -0.1) is 0 Å². The number of aromatic nitrogens is 1. The van der Waals surface area contributed by atoms with Gasteiger partial charge in [-0.2, -0.15) is 13.2 Å². The SMILES string of the molecule is C[C@H]1CC/C=C\[C@H]2C[C@@]2(C(=O)NS(=O)(=O)C2CC2)NC(=O)[C@@H]2C[C@@H](Oc3ncc(OCC(F)F)c4ccccc34)CN2C(=O)[C@@H](NC(=O)OC(C)(C)C(F)(F)F)[C@H](C)C1. The third-order valence-electron chi connectivity index (χ3n) is 11.3. The molecule has 0 unspecified atom stereocenters. The highest BCUT2D eigenvalue weighted by Crippen LogP contribution is 2.46. The highest BCUT2D eigenvalue weighted by Gasteiger charge is 2.62. The monoisotopic (exact) mass is 857 g/mol. The molecular formula is C39H48F5N5O9S. The molecule has 2 aromatic rings. The van der Waals surface area contributed by atoms with Crippen molar-refractivity contribution in [2.24, 2.45) is 17.8 Å². The van der Waals surface area contributed by atoms with Gasteiger partial charge >= 0.3 is 12.3 Å². The number of nitrogens with one attached hydrogen (secondary N) is 3. The normalized spacial score (nSPS) is 28.7. The molecule has 7 atom stereocenters. The highest BCUT2D eigenvalue weighted by atomic mass is 32.2. The minimum Gasteiger partial charge on any atom is -0.485 e. The topological polar surface area (TPSA) is 182 Å². The Kier molecular flexibility index (Phi) is 12.4. The molecule has 1 saturated heterocycles. The average molecular weight is 858 g/mol. The second-order valence-corrected chi connectivity index (χ2v) is 18.4. The summed E-state index contributed by atoms with van der Waals surface area (Å²) >= 11 is 0. The lowest BCUT2D eigenvalue weighted by molar-refractivity contribution is -0.244. The molecule has 0 bridgehead atoms. The lowest BCUT2D eigenvalue weighted by Gasteiger charge is -2.34. The third kappa shape index (κ3) is 9.84. The van der Waals surface area contributed by atoms with Crippen molar-refractivity contribution in [3.05, 3.63) is 42.6 Å². The predicted molar refractivity (Wildman–Crippen MR) is 202 cm³/mol. The number of rotatable bonds is 10. The van der Waals surface area contributed by atoms with Gasteiger partial charge in [-0.25, -0.2) is 27.0 Å². The van der Waals surface area contributed by atoms with E-state index < -0.39 is 99.5 Å². The maximum atomic E-state index is 14.7. The lowest BCUT2D eigenvalue weighted by Crippen LogP contribution is -2.59. The van der Waals surface area contributed by atoms with Crippen LogP contribution in [0.4, 0.5) is 26.7 Å². The summed E-state index contributed by atoms with van der Waals surface area (Å²) in [6, 6.07) is 3.61. The first-order valence-corrected chi connectivity index (χ1v) is 21.0. The minimum atomic E-state index is -4.95. The molecule has 0 spiro atoms. The molecule has 1 aromatic heterocycles. The minimum absolute atomic E-state index is 0.00829. The number of benzene rings is 1. The molecule has 3 heterocycles. The third-order valence-corrected chi connectivity index (χ3v) is 13.1. The summed E-state index contributed by atoms with van der Waals surface area (Å²) in [5.41, 5.74) is -4.60. The quantitative estimate of drug-likeness (QED) is 0.213. The van der Waals surface area contributed by atoms with E-state index in [2.05, 4.69) is 20.3 Å². The van der Waals surface area contributed by atoms with Crippen molar-refractivity contribution in [2.75, 3.05) is 13.2 Å². The Morgan fingerprint density at radius 1 is 1.07 bits per heavy atom. The Morgan fingerprint density at radius 2 is 1.76 bits per heavy atom. The van der Waals surface area contributed by atoms with Crippen molar-refractivity contribution in [2.45, 2.75) is 120 Å². The fraction of sp³-hybridized carbons (Fsp3) is 0.615. The van der Waals surface area contributed by atoms with Crippen molar-refractivity contribution in [1.29, 1.82) is 0 Å². The average Bonchev–Trinajstić information content (AvgIpc) is 4.07. The van der Waals surface area contributed by atoms with Gasteiger partial charge in [0.1, 0.15) is 36.1 Å². The molecule has 2 saturated carbocycles. The maximum absolute atomic E-state index is 14.7. The summed E-state index contributed by atoms with van der Waals surface area (Å²) in [6.07, 6.45) is -3.40. The van der Waals surface area contributed by atoms with E-state index in [1.54, 1.807) is 37.3 Å². The second-order valence-electron chi connectivity index (χ2n) is 16.4. The van der Waals surface area contributed by atoms with Gasteiger partial charge in [0.25, 0.3) is 12.3 Å². The molecule has 4 aliphatic rings. The number of amides is 4. The lowest BCUT2D eigenvalue weighted by atomic mass is 9.88. The van der Waals surface area contributed by atoms with Crippen molar-refractivity contribution in [3.63, 3.8) is 0 Å². The number of allylic oxidation sites excluding steroid dienone is 1. The second kappa shape index (κ2) is 16.7. The summed E-state index contributed by atoms with van der Waals surface area (Å²) < 4.78 is 111. The molecule has 324 valence electrons. The van der Waals surface area contributed by atoms with E-state index in [0.717, 1.165) is 4.90 Å². The predicted octanol–water partition coefficient (Wildman–Crippen LogP) is 5.16. The van der Waals surface area contributed by atoms with Gasteiger partial charge in [-0.3, -0.25) is 19.1 Å². The van der Waals surface area contributed by atoms with Crippen LogP contribution in [0.15, 0.2) is 42.6 Å². The Labute approximate surface area is 338 Å². The zero-order valence-corrected chi connectivity index (χ0v) is 33.7. The van der Waals surface area contributed by atoms with Gasteiger partial charge in [0.2, 0.25) is 33.3 Å². The van der Waals surface area contributed by atoms with E-state index in [-0.39, 0.29) is 36.9 Å². The Morgan fingerprint density at radius 3 is 2.42 bits per heavy atom. The van der Waals surface area contributed by atoms with Crippen LogP contribution in [-0.2, 0) is 29.1 Å². The number of sulfonamides is 1. The summed E-state index contributed by atoms with van der Waals surface area (Å²) in [4.78, 5) is 61.4. The van der Waals surface area contributed by atoms with Gasteiger partial charge in [0, 0.05) is 23.1 Å². The van der Waals surface area contributed by atoms with E-state index in [9.17, 15) is 49.5 Å². The molecule has 3 fully saturated rings. The number of nitrogens with zero attached hydrogens (tertiary/aromatic N) is 2. The Balaban J connectivity index is 1.35. The van der Waals surface area contributed by atoms with E-state index in [1.165, 1.54) is 6.20 Å². The summed E-state index contributed by atoms with van der Waals surface area (Å²) in [7, 11) is -4.02. The fourth-order valence-corrected chi connectivity index (χ4v) is 8.97. The number of ether oxygens (including phenoxy) is 3. The molecule has 14 nitrogen and oxygen atoms in total. The molecule has 4 amide bonds. The molecule has 2 aliphatic carbocycles. The Hall–Kier alpha value is -4.75. The highest BCUT2D eigenvalue weighted by molar-refractivity contribution is 7.91. The summed E-state index contributed by atoms with van der Waals surface area (Å²) in [5, 5.41) is 5.08. The van der Waals surface area contributed by atoms with Gasteiger partial charge in [-0.1, -0.05) is 44.2 Å². The van der Waals surface area contributed by atoms with E-state index in [4.69, 9.17) is 14.2 Å². The van der Waals surface area contributed by atoms with Gasteiger partial charge in [0.15, 0.2) is 0 Å². The van der Waals surface area contributed by atoms with Crippen LogP contribution in [0.2, 0.25) is 0 Å². The first-order valence-electron chi connectivity index (χ1n) is 19.5. The first kappa shape index (κ1) is 43.8. The van der Waals surface area contributed by atoms with Crippen molar-refractivity contribution < 1.29 is 63.8 Å². The van der Waals surface area contributed by atoms with Crippen LogP contribution in [0.3, 0.4) is 0 Å². The molecule has 20 heteroatoms. The Bertz CT molecular complexity index is 2080. The molecule has 2 aliphatic heterocycles. The number of carbonyl (C=O) groups excluding carboxylic acids is 4. The van der Waals surface area contributed by atoms with Crippen molar-refractivity contribution in [1.82, 2.24) is 25.2 Å². The molecule has 6 rings (SSSR count). The number of hydrogen-bond acceptors (Lipinski definition) is 10. The number of halogens is 5. The summed E-state index contributed by atoms with van der Waals surface area (Å²) in [5.74, 6) is -3.91. The smallest absolute Gasteiger partial charge is 0.427 e. The van der Waals surface area contributed by atoms with E-state index in [1.807, 2.05) is 13.0 Å². The van der Waals surface area contributed by atoms with Crippen molar-refractivity contribution >= 4 is 44.6 Å². The van der Waals surface area contributed by atoms with Crippen LogP contribution >= 0.6 is 0 Å². The maximum Gasteiger partial charge on any atom is 0.427 e. The van der Waals surface area contributed by atoms with E-state index >= 15 is 0 Å². The number of alkyl halides is 5. The van der Waals surface area contributed by atoms with Crippen molar-refractivity contribution in [3.8, 4) is 11.6 Å². The molecule has 1 aromatic carbocycles.